The summed E-state index contributed by atoms with van der Waals surface area (Å²) in [5.74, 6) is -1.08. The molecule has 1 spiro atoms. The lowest BCUT2D eigenvalue weighted by molar-refractivity contribution is -0.141. The fourth-order valence-corrected chi connectivity index (χ4v) is 4.03. The van der Waals surface area contributed by atoms with Gasteiger partial charge in [0.2, 0.25) is 0 Å². The first-order chi connectivity index (χ1) is 11.9. The predicted octanol–water partition coefficient (Wildman–Crippen LogP) is 1.91. The number of rotatable bonds is 3. The number of amides is 2. The molecule has 2 aliphatic rings. The minimum atomic E-state index is -0.769. The maximum Gasteiger partial charge on any atom is 0.320 e. The van der Waals surface area contributed by atoms with Gasteiger partial charge < -0.3 is 15.3 Å². The predicted molar refractivity (Wildman–Crippen MR) is 90.5 cm³/mol. The van der Waals surface area contributed by atoms with Crippen molar-refractivity contribution in [1.29, 1.82) is 0 Å². The summed E-state index contributed by atoms with van der Waals surface area (Å²) in [4.78, 5) is 27.3. The van der Waals surface area contributed by atoms with Crippen molar-refractivity contribution >= 4 is 12.0 Å². The second-order valence-electron chi connectivity index (χ2n) is 7.25. The zero-order valence-corrected chi connectivity index (χ0v) is 14.4. The van der Waals surface area contributed by atoms with E-state index in [1.807, 2.05) is 11.9 Å². The summed E-state index contributed by atoms with van der Waals surface area (Å²) in [5.41, 5.74) is 0.723. The highest BCUT2D eigenvalue weighted by Crippen LogP contribution is 2.42. The normalized spacial score (nSPS) is 23.0. The molecule has 3 rings (SSSR count). The van der Waals surface area contributed by atoms with E-state index in [9.17, 15) is 19.1 Å². The maximum absolute atomic E-state index is 13.2. The topological polar surface area (TPSA) is 72.9 Å². The average Bonchev–Trinajstić information content (AvgIpc) is 2.90. The van der Waals surface area contributed by atoms with Gasteiger partial charge in [0.05, 0.1) is 0 Å². The van der Waals surface area contributed by atoms with E-state index in [-0.39, 0.29) is 17.3 Å². The number of carbonyl (C=O) groups is 2. The van der Waals surface area contributed by atoms with Gasteiger partial charge in [0.25, 0.3) is 0 Å². The van der Waals surface area contributed by atoms with Crippen molar-refractivity contribution in [3.8, 4) is 0 Å². The summed E-state index contributed by atoms with van der Waals surface area (Å²) >= 11 is 0. The van der Waals surface area contributed by atoms with E-state index in [0.717, 1.165) is 24.9 Å². The first-order valence-electron chi connectivity index (χ1n) is 8.59. The Labute approximate surface area is 146 Å². The Kier molecular flexibility index (Phi) is 4.94. The lowest BCUT2D eigenvalue weighted by Crippen LogP contribution is -2.47. The summed E-state index contributed by atoms with van der Waals surface area (Å²) in [6.07, 6.45) is 2.28. The molecule has 2 saturated heterocycles. The molecule has 0 unspecified atom stereocenters. The molecule has 2 aliphatic heterocycles. The Morgan fingerprint density at radius 1 is 1.36 bits per heavy atom. The molecular weight excluding hydrogens is 325 g/mol. The highest BCUT2D eigenvalue weighted by molar-refractivity contribution is 5.75. The molecule has 0 aromatic heterocycles. The van der Waals surface area contributed by atoms with Gasteiger partial charge >= 0.3 is 12.0 Å². The third kappa shape index (κ3) is 3.92. The first kappa shape index (κ1) is 17.7. The van der Waals surface area contributed by atoms with Gasteiger partial charge in [0.15, 0.2) is 0 Å². The number of carboxylic acids is 1. The highest BCUT2D eigenvalue weighted by atomic mass is 19.1. The van der Waals surface area contributed by atoms with Crippen molar-refractivity contribution in [3.05, 3.63) is 35.6 Å². The van der Waals surface area contributed by atoms with Crippen LogP contribution in [0.4, 0.5) is 9.18 Å². The minimum Gasteiger partial charge on any atom is -0.480 e. The van der Waals surface area contributed by atoms with E-state index in [2.05, 4.69) is 5.32 Å². The first-order valence-corrected chi connectivity index (χ1v) is 8.59. The van der Waals surface area contributed by atoms with Crippen LogP contribution in [0.3, 0.4) is 0 Å². The lowest BCUT2D eigenvalue weighted by atomic mass is 9.76. The van der Waals surface area contributed by atoms with E-state index in [0.29, 0.717) is 26.1 Å². The Hall–Kier alpha value is -2.15. The van der Waals surface area contributed by atoms with Gasteiger partial charge in [-0.15, -0.1) is 0 Å². The number of nitrogens with zero attached hydrogens (tertiary/aromatic N) is 2. The molecule has 6 nitrogen and oxygen atoms in total. The van der Waals surface area contributed by atoms with Crippen LogP contribution in [0.2, 0.25) is 0 Å². The third-order valence-corrected chi connectivity index (χ3v) is 5.47. The Morgan fingerprint density at radius 2 is 2.08 bits per heavy atom. The van der Waals surface area contributed by atoms with E-state index in [1.54, 1.807) is 17.0 Å². The zero-order valence-electron chi connectivity index (χ0n) is 14.4. The number of nitrogens with one attached hydrogen (secondary N) is 1. The zero-order chi connectivity index (χ0) is 18.0. The number of halogens is 1. The third-order valence-electron chi connectivity index (χ3n) is 5.47. The fourth-order valence-electron chi connectivity index (χ4n) is 4.03. The monoisotopic (exact) mass is 349 g/mol. The van der Waals surface area contributed by atoms with Crippen molar-refractivity contribution in [2.24, 2.45) is 5.41 Å². The van der Waals surface area contributed by atoms with Crippen LogP contribution >= 0.6 is 0 Å². The van der Waals surface area contributed by atoms with Gasteiger partial charge in [0, 0.05) is 26.2 Å². The summed E-state index contributed by atoms with van der Waals surface area (Å²) < 4.78 is 13.2. The SMILES string of the molecule is CN1CC2(CCN(C(=O)NCc3cccc(F)c3)CC2)C[C@@H]1C(=O)O. The number of likely N-dealkylation sites (tertiary alicyclic amines) is 2. The molecule has 2 N–H and O–H groups in total. The van der Waals surface area contributed by atoms with Gasteiger partial charge in [-0.1, -0.05) is 12.1 Å². The molecule has 0 bridgehead atoms. The molecular formula is C18H24FN3O3. The molecule has 1 aromatic carbocycles. The minimum absolute atomic E-state index is 0.00283. The number of carbonyl (C=O) groups excluding carboxylic acids is 1. The van der Waals surface area contributed by atoms with Crippen LogP contribution in [-0.4, -0.2) is 59.6 Å². The quantitative estimate of drug-likeness (QED) is 0.874. The molecule has 0 aliphatic carbocycles. The maximum atomic E-state index is 13.2. The van der Waals surface area contributed by atoms with Crippen LogP contribution in [0, 0.1) is 11.2 Å². The van der Waals surface area contributed by atoms with Gasteiger partial charge in [0.1, 0.15) is 11.9 Å². The van der Waals surface area contributed by atoms with Gasteiger partial charge in [-0.25, -0.2) is 9.18 Å². The van der Waals surface area contributed by atoms with Gasteiger partial charge in [-0.05, 0) is 49.4 Å². The molecule has 2 amide bonds. The van der Waals surface area contributed by atoms with E-state index in [4.69, 9.17) is 0 Å². The van der Waals surface area contributed by atoms with E-state index in [1.165, 1.54) is 12.1 Å². The molecule has 1 aromatic rings. The Morgan fingerprint density at radius 3 is 2.68 bits per heavy atom. The second-order valence-corrected chi connectivity index (χ2v) is 7.25. The number of carboxylic acid groups (broad SMARTS) is 1. The molecule has 2 heterocycles. The largest absolute Gasteiger partial charge is 0.480 e. The number of benzene rings is 1. The van der Waals surface area contributed by atoms with Crippen LogP contribution in [0.25, 0.3) is 0 Å². The molecule has 0 radical (unpaired) electrons. The summed E-state index contributed by atoms with van der Waals surface area (Å²) in [6, 6.07) is 5.60. The van der Waals surface area contributed by atoms with Crippen molar-refractivity contribution < 1.29 is 19.1 Å². The molecule has 25 heavy (non-hydrogen) atoms. The van der Waals surface area contributed by atoms with Crippen LogP contribution < -0.4 is 5.32 Å². The number of hydrogen-bond acceptors (Lipinski definition) is 3. The van der Waals surface area contributed by atoms with Crippen LogP contribution in [0.5, 0.6) is 0 Å². The summed E-state index contributed by atoms with van der Waals surface area (Å²) in [5, 5.41) is 12.1. The van der Waals surface area contributed by atoms with Gasteiger partial charge in [-0.2, -0.15) is 0 Å². The summed E-state index contributed by atoms with van der Waals surface area (Å²) in [7, 11) is 1.85. The molecule has 0 saturated carbocycles. The number of hydrogen-bond donors (Lipinski definition) is 2. The smallest absolute Gasteiger partial charge is 0.320 e. The Bertz CT molecular complexity index is 659. The highest BCUT2D eigenvalue weighted by Gasteiger charge is 2.47. The number of likely N-dealkylation sites (N-methyl/N-ethyl adjacent to an activating group) is 1. The lowest BCUT2D eigenvalue weighted by Gasteiger charge is -2.39. The summed E-state index contributed by atoms with van der Waals surface area (Å²) in [6.45, 7) is 2.30. The van der Waals surface area contributed by atoms with E-state index < -0.39 is 12.0 Å². The second kappa shape index (κ2) is 7.00. The molecule has 7 heteroatoms. The molecule has 1 atom stereocenters. The molecule has 2 fully saturated rings. The molecule has 136 valence electrons. The Balaban J connectivity index is 1.50. The van der Waals surface area contributed by atoms with Crippen LogP contribution in [-0.2, 0) is 11.3 Å². The van der Waals surface area contributed by atoms with E-state index >= 15 is 0 Å². The van der Waals surface area contributed by atoms with Crippen molar-refractivity contribution in [1.82, 2.24) is 15.1 Å². The number of urea groups is 1. The number of aliphatic carboxylic acids is 1. The van der Waals surface area contributed by atoms with Crippen molar-refractivity contribution in [2.45, 2.75) is 31.8 Å². The van der Waals surface area contributed by atoms with Crippen LogP contribution in [0.1, 0.15) is 24.8 Å². The van der Waals surface area contributed by atoms with Crippen molar-refractivity contribution in [2.75, 3.05) is 26.7 Å². The van der Waals surface area contributed by atoms with Gasteiger partial charge in [-0.3, -0.25) is 9.69 Å². The average molecular weight is 349 g/mol. The standard InChI is InChI=1S/C18H24FN3O3/c1-21-12-18(10-15(21)16(23)24)5-7-22(8-6-18)17(25)20-11-13-3-2-4-14(19)9-13/h2-4,9,15H,5-8,10-12H2,1H3,(H,20,25)(H,23,24)/t15-/m1/s1. The van der Waals surface area contributed by atoms with Crippen molar-refractivity contribution in [3.63, 3.8) is 0 Å². The number of piperidine rings is 1. The van der Waals surface area contributed by atoms with Crippen LogP contribution in [0.15, 0.2) is 24.3 Å². The fraction of sp³-hybridized carbons (Fsp3) is 0.556.